The predicted octanol–water partition coefficient (Wildman–Crippen LogP) is 5.38. The SMILES string of the molecule is O=S(Nc1ncns1)c1ccc2c(c1)OCC[C@@H]2N1CC[C@H](OC(F)(F)F)C[C@@H]1c1ccc(F)cc1. The minimum absolute atomic E-state index is 0.117. The highest BCUT2D eigenvalue weighted by molar-refractivity contribution is 7.86. The zero-order valence-corrected chi connectivity index (χ0v) is 20.4. The molecule has 2 aromatic carbocycles. The summed E-state index contributed by atoms with van der Waals surface area (Å²) in [7, 11) is -1.57. The Bertz CT molecular complexity index is 1210. The maximum Gasteiger partial charge on any atom is 0.522 e. The molecular weight excluding hydrogens is 520 g/mol. The monoisotopic (exact) mass is 542 g/mol. The Morgan fingerprint density at radius 1 is 1.14 bits per heavy atom. The number of hydrogen-bond acceptors (Lipinski definition) is 7. The smallest absolute Gasteiger partial charge is 0.493 e. The fourth-order valence-electron chi connectivity index (χ4n) is 4.80. The number of anilines is 1. The molecule has 1 N–H and O–H groups in total. The van der Waals surface area contributed by atoms with Gasteiger partial charge in [-0.15, -0.1) is 13.2 Å². The number of nitrogens with one attached hydrogen (secondary N) is 1. The molecule has 5 rings (SSSR count). The first-order valence-electron chi connectivity index (χ1n) is 11.2. The molecule has 1 aromatic heterocycles. The van der Waals surface area contributed by atoms with Crippen LogP contribution in [0.1, 0.15) is 42.5 Å². The van der Waals surface area contributed by atoms with Crippen molar-refractivity contribution < 1.29 is 31.2 Å². The van der Waals surface area contributed by atoms with E-state index >= 15 is 0 Å². The molecule has 7 nitrogen and oxygen atoms in total. The molecule has 0 spiro atoms. The van der Waals surface area contributed by atoms with Crippen molar-refractivity contribution in [1.82, 2.24) is 14.3 Å². The zero-order valence-electron chi connectivity index (χ0n) is 18.8. The first kappa shape index (κ1) is 25.1. The van der Waals surface area contributed by atoms with E-state index in [-0.39, 0.29) is 18.9 Å². The van der Waals surface area contributed by atoms with E-state index in [0.717, 1.165) is 22.7 Å². The molecule has 13 heteroatoms. The number of alkyl halides is 3. The maximum atomic E-state index is 13.6. The molecule has 36 heavy (non-hydrogen) atoms. The van der Waals surface area contributed by atoms with Crippen LogP contribution in [0.5, 0.6) is 5.75 Å². The zero-order chi connectivity index (χ0) is 25.3. The Balaban J connectivity index is 1.41. The molecule has 192 valence electrons. The Hall–Kier alpha value is -2.61. The fourth-order valence-corrected chi connectivity index (χ4v) is 6.20. The fraction of sp³-hybridized carbons (Fsp3) is 0.391. The van der Waals surface area contributed by atoms with Crippen LogP contribution < -0.4 is 9.46 Å². The molecule has 1 fully saturated rings. The summed E-state index contributed by atoms with van der Waals surface area (Å²) in [6.07, 6.45) is -3.40. The molecule has 3 aromatic rings. The first-order chi connectivity index (χ1) is 17.3. The van der Waals surface area contributed by atoms with Crippen molar-refractivity contribution in [2.45, 2.75) is 48.7 Å². The van der Waals surface area contributed by atoms with Crippen LogP contribution in [0.2, 0.25) is 0 Å². The van der Waals surface area contributed by atoms with E-state index in [4.69, 9.17) is 4.74 Å². The molecule has 1 unspecified atom stereocenters. The predicted molar refractivity (Wildman–Crippen MR) is 125 cm³/mol. The Morgan fingerprint density at radius 2 is 1.94 bits per heavy atom. The topological polar surface area (TPSA) is 76.6 Å². The lowest BCUT2D eigenvalue weighted by molar-refractivity contribution is -0.347. The van der Waals surface area contributed by atoms with Crippen LogP contribution in [-0.4, -0.2) is 44.1 Å². The lowest BCUT2D eigenvalue weighted by Gasteiger charge is -2.45. The molecule has 2 aliphatic rings. The number of aromatic nitrogens is 2. The van der Waals surface area contributed by atoms with Crippen molar-refractivity contribution in [1.29, 1.82) is 0 Å². The van der Waals surface area contributed by atoms with Gasteiger partial charge in [-0.3, -0.25) is 14.4 Å². The third kappa shape index (κ3) is 5.69. The molecule has 0 saturated carbocycles. The van der Waals surface area contributed by atoms with Gasteiger partial charge in [0.2, 0.25) is 5.13 Å². The average Bonchev–Trinajstić information content (AvgIpc) is 3.36. The second-order valence-corrected chi connectivity index (χ2v) is 10.5. The van der Waals surface area contributed by atoms with E-state index in [1.807, 2.05) is 6.07 Å². The van der Waals surface area contributed by atoms with Gasteiger partial charge in [0, 0.05) is 42.1 Å². The Labute approximate surface area is 211 Å². The number of halogens is 4. The largest absolute Gasteiger partial charge is 0.522 e. The Kier molecular flexibility index (Phi) is 7.24. The summed E-state index contributed by atoms with van der Waals surface area (Å²) < 4.78 is 82.1. The van der Waals surface area contributed by atoms with Gasteiger partial charge in [0.1, 0.15) is 17.9 Å². The van der Waals surface area contributed by atoms with Crippen LogP contribution in [0.4, 0.5) is 22.7 Å². The van der Waals surface area contributed by atoms with E-state index in [9.17, 15) is 21.8 Å². The van der Waals surface area contributed by atoms with E-state index in [1.165, 1.54) is 18.5 Å². The van der Waals surface area contributed by atoms with Gasteiger partial charge in [0.05, 0.1) is 17.6 Å². The van der Waals surface area contributed by atoms with Gasteiger partial charge in [-0.25, -0.2) is 13.6 Å². The second-order valence-electron chi connectivity index (χ2n) is 8.48. The van der Waals surface area contributed by atoms with Gasteiger partial charge in [-0.2, -0.15) is 4.37 Å². The molecular formula is C23H22F4N4O3S2. The van der Waals surface area contributed by atoms with Crippen molar-refractivity contribution in [3.63, 3.8) is 0 Å². The van der Waals surface area contributed by atoms with E-state index in [1.54, 1.807) is 24.3 Å². The van der Waals surface area contributed by atoms with E-state index in [0.29, 0.717) is 35.3 Å². The summed E-state index contributed by atoms with van der Waals surface area (Å²) in [6, 6.07) is 10.6. The van der Waals surface area contributed by atoms with Gasteiger partial charge in [-0.1, -0.05) is 18.2 Å². The van der Waals surface area contributed by atoms with Gasteiger partial charge in [0.15, 0.2) is 11.0 Å². The highest BCUT2D eigenvalue weighted by atomic mass is 32.2. The summed E-state index contributed by atoms with van der Waals surface area (Å²) >= 11 is 1.09. The molecule has 0 amide bonds. The lowest BCUT2D eigenvalue weighted by Crippen LogP contribution is -2.44. The lowest BCUT2D eigenvalue weighted by atomic mass is 9.88. The summed E-state index contributed by atoms with van der Waals surface area (Å²) in [5.41, 5.74) is 1.58. The van der Waals surface area contributed by atoms with Gasteiger partial charge in [0.25, 0.3) is 0 Å². The number of nitrogens with zero attached hydrogens (tertiary/aromatic N) is 3. The first-order valence-corrected chi connectivity index (χ1v) is 13.2. The minimum Gasteiger partial charge on any atom is -0.493 e. The quantitative estimate of drug-likeness (QED) is 0.422. The van der Waals surface area contributed by atoms with Crippen molar-refractivity contribution in [2.75, 3.05) is 17.9 Å². The van der Waals surface area contributed by atoms with Crippen LogP contribution in [0, 0.1) is 5.82 Å². The van der Waals surface area contributed by atoms with Gasteiger partial charge < -0.3 is 4.74 Å². The second kappa shape index (κ2) is 10.4. The third-order valence-corrected chi connectivity index (χ3v) is 8.07. The van der Waals surface area contributed by atoms with Crippen LogP contribution in [-0.2, 0) is 15.7 Å². The third-order valence-electron chi connectivity index (χ3n) is 6.30. The molecule has 0 bridgehead atoms. The van der Waals surface area contributed by atoms with Crippen molar-refractivity contribution >= 4 is 27.6 Å². The number of benzene rings is 2. The van der Waals surface area contributed by atoms with Crippen LogP contribution in [0.3, 0.4) is 0 Å². The molecule has 0 radical (unpaired) electrons. The summed E-state index contributed by atoms with van der Waals surface area (Å²) in [4.78, 5) is 6.61. The molecule has 3 heterocycles. The number of likely N-dealkylation sites (tertiary alicyclic amines) is 1. The molecule has 2 aliphatic heterocycles. The van der Waals surface area contributed by atoms with Crippen molar-refractivity contribution in [2.24, 2.45) is 0 Å². The maximum absolute atomic E-state index is 13.6. The van der Waals surface area contributed by atoms with Crippen molar-refractivity contribution in [3.8, 4) is 5.75 Å². The van der Waals surface area contributed by atoms with E-state index in [2.05, 4.69) is 23.7 Å². The molecule has 4 atom stereocenters. The number of ether oxygens (including phenoxy) is 2. The number of fused-ring (bicyclic) bond motifs is 1. The van der Waals surface area contributed by atoms with Gasteiger partial charge in [-0.05, 0) is 42.7 Å². The van der Waals surface area contributed by atoms with E-state index < -0.39 is 35.3 Å². The number of hydrogen-bond donors (Lipinski definition) is 1. The summed E-state index contributed by atoms with van der Waals surface area (Å²) in [5, 5.41) is 0.427. The van der Waals surface area contributed by atoms with Crippen LogP contribution in [0.15, 0.2) is 53.7 Å². The standard InChI is InChI=1S/C23H22F4N4O3S2/c24-15-3-1-14(2-4-15)20-11-16(34-23(25,26)27)7-9-31(20)19-8-10-33-21-12-17(5-6-18(19)21)36(32)30-22-28-13-29-35-22/h1-6,12-13,16,19-20H,7-11H2,(H,28,29,30)/t16-,19-,20+,36?/m0/s1. The van der Waals surface area contributed by atoms with Gasteiger partial charge >= 0.3 is 6.36 Å². The average molecular weight is 543 g/mol. The highest BCUT2D eigenvalue weighted by Crippen LogP contribution is 2.45. The summed E-state index contributed by atoms with van der Waals surface area (Å²) in [6.45, 7) is 0.756. The molecule has 1 saturated heterocycles. The summed E-state index contributed by atoms with van der Waals surface area (Å²) in [5.74, 6) is 0.158. The highest BCUT2D eigenvalue weighted by Gasteiger charge is 2.41. The number of piperidine rings is 1. The van der Waals surface area contributed by atoms with Crippen LogP contribution >= 0.6 is 11.5 Å². The normalized spacial score (nSPS) is 23.5. The minimum atomic E-state index is -4.72. The van der Waals surface area contributed by atoms with Crippen molar-refractivity contribution in [3.05, 3.63) is 65.7 Å². The number of rotatable bonds is 6. The Morgan fingerprint density at radius 3 is 2.67 bits per heavy atom. The molecule has 0 aliphatic carbocycles. The van der Waals surface area contributed by atoms with Crippen LogP contribution in [0.25, 0.3) is 0 Å².